The molecule has 0 saturated carbocycles. The van der Waals surface area contributed by atoms with Gasteiger partial charge in [0.1, 0.15) is 11.2 Å². The Morgan fingerprint density at radius 1 is 0.698 bits per heavy atom. The molecule has 0 aliphatic carbocycles. The van der Waals surface area contributed by atoms with Crippen LogP contribution in [0, 0.1) is 5.41 Å². The molecule has 0 spiro atoms. The van der Waals surface area contributed by atoms with Crippen molar-refractivity contribution < 1.29 is 0 Å². The summed E-state index contributed by atoms with van der Waals surface area (Å²) in [6.45, 7) is 0. The highest BCUT2D eigenvalue weighted by Gasteiger charge is 2.25. The van der Waals surface area contributed by atoms with E-state index in [9.17, 15) is 0 Å². The Kier molecular flexibility index (Phi) is 6.77. The van der Waals surface area contributed by atoms with Crippen LogP contribution in [-0.4, -0.2) is 12.1 Å². The van der Waals surface area contributed by atoms with Crippen molar-refractivity contribution >= 4 is 85.7 Å². The van der Waals surface area contributed by atoms with E-state index in [1.165, 1.54) is 63.4 Å². The lowest BCUT2D eigenvalue weighted by Crippen LogP contribution is -2.39. The highest BCUT2D eigenvalue weighted by Crippen LogP contribution is 2.39. The third kappa shape index (κ3) is 4.83. The summed E-state index contributed by atoms with van der Waals surface area (Å²) in [5.74, 6) is 0. The monoisotopic (exact) mass is 612 g/mol. The molecule has 3 heterocycles. The molecule has 4 nitrogen and oxygen atoms in total. The summed E-state index contributed by atoms with van der Waals surface area (Å²) in [7, 11) is 1.85. The molecule has 8 rings (SSSR count). The van der Waals surface area contributed by atoms with E-state index < -0.39 is 0 Å². The van der Waals surface area contributed by atoms with Gasteiger partial charge >= 0.3 is 0 Å². The van der Waals surface area contributed by atoms with Crippen molar-refractivity contribution in [3.63, 3.8) is 0 Å². The molecule has 0 bridgehead atoms. The van der Waals surface area contributed by atoms with Gasteiger partial charge in [-0.1, -0.05) is 66.7 Å². The second-order valence-electron chi connectivity index (χ2n) is 10.7. The predicted molar refractivity (Wildman–Crippen MR) is 188 cm³/mol. The molecule has 7 aromatic rings. The van der Waals surface area contributed by atoms with Gasteiger partial charge in [0.25, 0.3) is 0 Å². The molecule has 7 heteroatoms. The van der Waals surface area contributed by atoms with Crippen LogP contribution in [0.25, 0.3) is 46.0 Å². The third-order valence-corrected chi connectivity index (χ3v) is 11.1. The van der Waals surface area contributed by atoms with Crippen LogP contribution in [0.15, 0.2) is 115 Å². The summed E-state index contributed by atoms with van der Waals surface area (Å²) in [6, 6.07) is 39.4. The third-order valence-electron chi connectivity index (χ3n) is 8.12. The standard InChI is InChI=1S/C36H28N4S3/c1-38-43-35(37)23-12-15-34-28(18-23)27-17-22(11-14-33(27)42-34)30-20-29(21-7-3-2-4-8-21)39-36(40-30)24-13-16-32-26(19-24)25-9-5-6-10-31(25)41-32/h2-20,29,36-40H,1H3. The number of thiophene rings is 2. The molecule has 2 atom stereocenters. The second-order valence-corrected chi connectivity index (χ2v) is 13.9. The molecule has 4 N–H and O–H groups in total. The number of benzene rings is 5. The van der Waals surface area contributed by atoms with Crippen molar-refractivity contribution in [1.29, 1.82) is 5.41 Å². The Morgan fingerprint density at radius 2 is 1.37 bits per heavy atom. The lowest BCUT2D eigenvalue weighted by Gasteiger charge is -2.33. The Hall–Kier alpha value is -3.98. The number of hydrogen-bond donors (Lipinski definition) is 4. The zero-order chi connectivity index (χ0) is 28.9. The van der Waals surface area contributed by atoms with Crippen molar-refractivity contribution in [3.05, 3.63) is 138 Å². The molecule has 1 aliphatic rings. The van der Waals surface area contributed by atoms with Crippen LogP contribution in [0.2, 0.25) is 0 Å². The van der Waals surface area contributed by atoms with E-state index in [1.807, 2.05) is 24.5 Å². The fraction of sp³-hybridized carbons (Fsp3) is 0.0833. The highest BCUT2D eigenvalue weighted by atomic mass is 32.2. The van der Waals surface area contributed by atoms with Crippen molar-refractivity contribution in [2.75, 3.05) is 7.05 Å². The van der Waals surface area contributed by atoms with Gasteiger partial charge in [-0.2, -0.15) is 0 Å². The Labute approximate surface area is 262 Å². The van der Waals surface area contributed by atoms with Crippen molar-refractivity contribution in [1.82, 2.24) is 15.4 Å². The Balaban J connectivity index is 1.23. The van der Waals surface area contributed by atoms with E-state index in [0.29, 0.717) is 5.04 Å². The van der Waals surface area contributed by atoms with Gasteiger partial charge in [-0.15, -0.1) is 22.7 Å². The first-order valence-electron chi connectivity index (χ1n) is 14.2. The van der Waals surface area contributed by atoms with Crippen molar-refractivity contribution in [2.45, 2.75) is 12.2 Å². The van der Waals surface area contributed by atoms with E-state index in [0.717, 1.165) is 16.8 Å². The van der Waals surface area contributed by atoms with Gasteiger partial charge in [0, 0.05) is 51.6 Å². The highest BCUT2D eigenvalue weighted by molar-refractivity contribution is 8.12. The van der Waals surface area contributed by atoms with Crippen LogP contribution in [0.1, 0.15) is 34.5 Å². The predicted octanol–water partition coefficient (Wildman–Crippen LogP) is 9.59. The molecule has 2 aromatic heterocycles. The topological polar surface area (TPSA) is 59.9 Å². The summed E-state index contributed by atoms with van der Waals surface area (Å²) in [5, 5.41) is 21.7. The van der Waals surface area contributed by atoms with Crippen LogP contribution in [0.4, 0.5) is 0 Å². The minimum Gasteiger partial charge on any atom is -0.366 e. The molecule has 2 unspecified atom stereocenters. The lowest BCUT2D eigenvalue weighted by molar-refractivity contribution is 0.443. The van der Waals surface area contributed by atoms with Crippen LogP contribution in [-0.2, 0) is 0 Å². The maximum atomic E-state index is 8.44. The van der Waals surface area contributed by atoms with Gasteiger partial charge in [-0.25, -0.2) is 0 Å². The van der Waals surface area contributed by atoms with Crippen LogP contribution in [0.3, 0.4) is 0 Å². The number of nitrogens with one attached hydrogen (secondary N) is 4. The van der Waals surface area contributed by atoms with E-state index in [4.69, 9.17) is 5.41 Å². The second kappa shape index (κ2) is 10.9. The zero-order valence-corrected chi connectivity index (χ0v) is 25.8. The van der Waals surface area contributed by atoms with E-state index in [1.54, 1.807) is 11.3 Å². The Morgan fingerprint density at radius 3 is 2.19 bits per heavy atom. The fourth-order valence-electron chi connectivity index (χ4n) is 6.02. The largest absolute Gasteiger partial charge is 0.366 e. The molecular formula is C36H28N4S3. The molecule has 0 saturated heterocycles. The number of fused-ring (bicyclic) bond motifs is 6. The van der Waals surface area contributed by atoms with Crippen LogP contribution < -0.4 is 15.4 Å². The van der Waals surface area contributed by atoms with Gasteiger partial charge in [0.15, 0.2) is 0 Å². The number of rotatable bonds is 5. The van der Waals surface area contributed by atoms with Crippen molar-refractivity contribution in [3.8, 4) is 0 Å². The first-order chi connectivity index (χ1) is 21.1. The van der Waals surface area contributed by atoms with E-state index >= 15 is 0 Å². The summed E-state index contributed by atoms with van der Waals surface area (Å²) in [4.78, 5) is 0. The van der Waals surface area contributed by atoms with Crippen molar-refractivity contribution in [2.24, 2.45) is 0 Å². The molecule has 210 valence electrons. The molecule has 0 radical (unpaired) electrons. The summed E-state index contributed by atoms with van der Waals surface area (Å²) >= 11 is 4.99. The first kappa shape index (κ1) is 26.6. The Bertz CT molecular complexity index is 2200. The smallest absolute Gasteiger partial charge is 0.109 e. The number of hydrogen-bond acceptors (Lipinski definition) is 7. The van der Waals surface area contributed by atoms with Gasteiger partial charge in [-0.05, 0) is 84.2 Å². The summed E-state index contributed by atoms with van der Waals surface area (Å²) < 4.78 is 8.15. The first-order valence-corrected chi connectivity index (χ1v) is 16.7. The SMILES string of the molecule is CNSC(=N)c1ccc2sc3ccc(C4=CC(c5ccccc5)NC(c5ccc6sc7ccccc7c6c5)N4)cc3c2c1. The van der Waals surface area contributed by atoms with Crippen LogP contribution in [0.5, 0.6) is 0 Å². The average molecular weight is 613 g/mol. The lowest BCUT2D eigenvalue weighted by atomic mass is 9.97. The maximum Gasteiger partial charge on any atom is 0.109 e. The van der Waals surface area contributed by atoms with Gasteiger partial charge in [0.05, 0.1) is 6.04 Å². The summed E-state index contributed by atoms with van der Waals surface area (Å²) in [5.41, 5.74) is 5.66. The minimum absolute atomic E-state index is 0.0536. The molecular weight excluding hydrogens is 585 g/mol. The quantitative estimate of drug-likeness (QED) is 0.0888. The minimum atomic E-state index is -0.0613. The molecule has 1 aliphatic heterocycles. The van der Waals surface area contributed by atoms with Crippen LogP contribution >= 0.6 is 34.6 Å². The normalized spacial score (nSPS) is 17.0. The van der Waals surface area contributed by atoms with E-state index in [-0.39, 0.29) is 12.2 Å². The van der Waals surface area contributed by atoms with Gasteiger partial charge < -0.3 is 5.32 Å². The zero-order valence-electron chi connectivity index (χ0n) is 23.3. The van der Waals surface area contributed by atoms with Gasteiger partial charge in [-0.3, -0.25) is 15.4 Å². The maximum absolute atomic E-state index is 8.44. The average Bonchev–Trinajstić information content (AvgIpc) is 3.62. The van der Waals surface area contributed by atoms with E-state index in [2.05, 4.69) is 125 Å². The molecule has 0 amide bonds. The summed E-state index contributed by atoms with van der Waals surface area (Å²) in [6.07, 6.45) is 2.25. The molecule has 43 heavy (non-hydrogen) atoms. The fourth-order valence-corrected chi connectivity index (χ4v) is 8.62. The molecule has 0 fully saturated rings. The van der Waals surface area contributed by atoms with Gasteiger partial charge in [0.2, 0.25) is 0 Å². The molecule has 5 aromatic carbocycles.